The molecule has 3 heterocycles. The lowest BCUT2D eigenvalue weighted by atomic mass is 9.93. The van der Waals surface area contributed by atoms with E-state index in [4.69, 9.17) is 9.47 Å². The predicted molar refractivity (Wildman–Crippen MR) is 146 cm³/mol. The Morgan fingerprint density at radius 2 is 1.79 bits per heavy atom. The first-order valence-electron chi connectivity index (χ1n) is 13.3. The summed E-state index contributed by atoms with van der Waals surface area (Å²) in [6.45, 7) is 4.52. The number of rotatable bonds is 9. The molecule has 11 heteroatoms. The zero-order valence-electron chi connectivity index (χ0n) is 22.1. The summed E-state index contributed by atoms with van der Waals surface area (Å²) < 4.78 is 12.0. The van der Waals surface area contributed by atoms with E-state index in [0.29, 0.717) is 18.1 Å². The molecule has 202 valence electrons. The van der Waals surface area contributed by atoms with Crippen LogP contribution in [-0.2, 0) is 4.74 Å². The number of nitrogens with zero attached hydrogens (tertiary/aromatic N) is 6. The first-order valence-corrected chi connectivity index (χ1v) is 13.3. The molecule has 2 fully saturated rings. The van der Waals surface area contributed by atoms with Crippen molar-refractivity contribution in [2.45, 2.75) is 37.8 Å². The molecule has 2 aliphatic rings. The number of carbonyl (C=O) groups is 1. The molecule has 2 aromatic heterocycles. The highest BCUT2D eigenvalue weighted by molar-refractivity contribution is 5.93. The third kappa shape index (κ3) is 6.65. The summed E-state index contributed by atoms with van der Waals surface area (Å²) in [5, 5.41) is 6.29. The molecular formula is C27H36N8O3. The van der Waals surface area contributed by atoms with Crippen molar-refractivity contribution < 1.29 is 14.3 Å². The van der Waals surface area contributed by atoms with Gasteiger partial charge < -0.3 is 29.9 Å². The minimum atomic E-state index is -0.161. The van der Waals surface area contributed by atoms with E-state index in [9.17, 15) is 4.79 Å². The van der Waals surface area contributed by atoms with Crippen LogP contribution in [0.3, 0.4) is 0 Å². The van der Waals surface area contributed by atoms with Gasteiger partial charge in [-0.15, -0.1) is 0 Å². The van der Waals surface area contributed by atoms with Gasteiger partial charge in [0.2, 0.25) is 5.95 Å². The Labute approximate surface area is 223 Å². The Kier molecular flexibility index (Phi) is 8.44. The van der Waals surface area contributed by atoms with Crippen LogP contribution in [0.25, 0.3) is 11.0 Å². The highest BCUT2D eigenvalue weighted by atomic mass is 16.5. The molecule has 0 spiro atoms. The van der Waals surface area contributed by atoms with Crippen LogP contribution < -0.4 is 20.3 Å². The van der Waals surface area contributed by atoms with Crippen LogP contribution in [0.5, 0.6) is 5.75 Å². The summed E-state index contributed by atoms with van der Waals surface area (Å²) in [4.78, 5) is 34.4. The van der Waals surface area contributed by atoms with Crippen molar-refractivity contribution in [3.05, 3.63) is 42.5 Å². The molecule has 0 atom stereocenters. The number of benzene rings is 1. The Morgan fingerprint density at radius 3 is 2.53 bits per heavy atom. The van der Waals surface area contributed by atoms with Gasteiger partial charge in [-0.05, 0) is 45.8 Å². The highest BCUT2D eigenvalue weighted by Crippen LogP contribution is 2.33. The number of likely N-dealkylation sites (N-methyl/N-ethyl adjacent to an activating group) is 1. The topological polar surface area (TPSA) is 118 Å². The van der Waals surface area contributed by atoms with Gasteiger partial charge in [0.1, 0.15) is 11.3 Å². The van der Waals surface area contributed by atoms with Crippen molar-refractivity contribution in [3.8, 4) is 5.75 Å². The quantitative estimate of drug-likeness (QED) is 0.435. The number of anilines is 2. The zero-order valence-corrected chi connectivity index (χ0v) is 22.1. The van der Waals surface area contributed by atoms with Gasteiger partial charge in [0.05, 0.1) is 30.4 Å². The van der Waals surface area contributed by atoms with Crippen molar-refractivity contribution in [2.24, 2.45) is 0 Å². The smallest absolute Gasteiger partial charge is 0.254 e. The van der Waals surface area contributed by atoms with E-state index in [1.165, 1.54) is 0 Å². The van der Waals surface area contributed by atoms with Gasteiger partial charge in [0.15, 0.2) is 0 Å². The first-order chi connectivity index (χ1) is 18.5. The van der Waals surface area contributed by atoms with Gasteiger partial charge in [0, 0.05) is 68.8 Å². The number of hydrogen-bond donors (Lipinski definition) is 2. The number of aromatic nitrogens is 4. The molecular weight excluding hydrogens is 484 g/mol. The molecule has 2 N–H and O–H groups in total. The van der Waals surface area contributed by atoms with E-state index in [1.807, 2.05) is 19.0 Å². The lowest BCUT2D eigenvalue weighted by Gasteiger charge is -2.31. The van der Waals surface area contributed by atoms with E-state index in [1.54, 1.807) is 24.8 Å². The highest BCUT2D eigenvalue weighted by Gasteiger charge is 2.25. The van der Waals surface area contributed by atoms with Crippen LogP contribution in [-0.4, -0.2) is 96.4 Å². The van der Waals surface area contributed by atoms with Crippen molar-refractivity contribution in [3.63, 3.8) is 0 Å². The fourth-order valence-electron chi connectivity index (χ4n) is 4.82. The fraction of sp³-hybridized carbons (Fsp3) is 0.519. The van der Waals surface area contributed by atoms with E-state index in [2.05, 4.69) is 47.6 Å². The molecule has 0 radical (unpaired) electrons. The van der Waals surface area contributed by atoms with Crippen LogP contribution >= 0.6 is 0 Å². The third-order valence-corrected chi connectivity index (χ3v) is 6.96. The number of amides is 1. The molecule has 1 aliphatic carbocycles. The Morgan fingerprint density at radius 1 is 1.05 bits per heavy atom. The van der Waals surface area contributed by atoms with E-state index in [-0.39, 0.29) is 18.1 Å². The third-order valence-electron chi connectivity index (χ3n) is 6.96. The van der Waals surface area contributed by atoms with Crippen molar-refractivity contribution >= 4 is 28.6 Å². The van der Waals surface area contributed by atoms with Gasteiger partial charge >= 0.3 is 0 Å². The second-order valence-electron chi connectivity index (χ2n) is 10.1. The maximum atomic E-state index is 12.2. The van der Waals surface area contributed by atoms with Crippen LogP contribution in [0, 0.1) is 0 Å². The van der Waals surface area contributed by atoms with E-state index >= 15 is 0 Å². The summed E-state index contributed by atoms with van der Waals surface area (Å²) >= 11 is 0. The van der Waals surface area contributed by atoms with Crippen molar-refractivity contribution in [1.29, 1.82) is 0 Å². The van der Waals surface area contributed by atoms with E-state index in [0.717, 1.165) is 81.0 Å². The molecule has 5 rings (SSSR count). The maximum absolute atomic E-state index is 12.2. The Bertz CT molecular complexity index is 1210. The van der Waals surface area contributed by atoms with Crippen LogP contribution in [0.2, 0.25) is 0 Å². The molecule has 3 aromatic rings. The summed E-state index contributed by atoms with van der Waals surface area (Å²) in [6, 6.07) is 4.43. The molecule has 1 amide bonds. The van der Waals surface area contributed by atoms with Gasteiger partial charge in [-0.1, -0.05) is 0 Å². The number of ether oxygens (including phenoxy) is 2. The average Bonchev–Trinajstić information content (AvgIpc) is 2.94. The molecule has 1 aromatic carbocycles. The number of fused-ring (bicyclic) bond motifs is 1. The minimum absolute atomic E-state index is 0.104. The number of nitrogens with one attached hydrogen (secondary N) is 2. The molecule has 0 bridgehead atoms. The average molecular weight is 521 g/mol. The summed E-state index contributed by atoms with van der Waals surface area (Å²) in [7, 11) is 3.94. The summed E-state index contributed by atoms with van der Waals surface area (Å²) in [5.41, 5.74) is 3.19. The van der Waals surface area contributed by atoms with Crippen LogP contribution in [0.4, 0.5) is 11.6 Å². The molecule has 0 unspecified atom stereocenters. The van der Waals surface area contributed by atoms with Crippen LogP contribution in [0.15, 0.2) is 36.9 Å². The standard InChI is InChI=1S/C27H36N8O3/c1-34(2)10-9-30-26(36)19-17-31-27(32-18-19)33-20-3-5-22(6-4-20)38-24-16-21(35-11-13-37-14-12-35)15-23-25(24)29-8-7-28-23/h7-8,15-18,20,22H,3-6,9-14H2,1-2H3,(H,30,36)(H,31,32,33). The molecule has 1 saturated carbocycles. The largest absolute Gasteiger partial charge is 0.488 e. The second kappa shape index (κ2) is 12.3. The zero-order chi connectivity index (χ0) is 26.3. The van der Waals surface area contributed by atoms with Gasteiger partial charge in [-0.2, -0.15) is 0 Å². The number of hydrogen-bond acceptors (Lipinski definition) is 10. The van der Waals surface area contributed by atoms with Crippen molar-refractivity contribution in [2.75, 3.05) is 63.7 Å². The monoisotopic (exact) mass is 520 g/mol. The summed E-state index contributed by atoms with van der Waals surface area (Å²) in [5.74, 6) is 1.17. The fourth-order valence-corrected chi connectivity index (χ4v) is 4.82. The second-order valence-corrected chi connectivity index (χ2v) is 10.1. The minimum Gasteiger partial charge on any atom is -0.488 e. The Hall–Kier alpha value is -3.57. The lowest BCUT2D eigenvalue weighted by Crippen LogP contribution is -2.36. The van der Waals surface area contributed by atoms with Gasteiger partial charge in [-0.25, -0.2) is 15.0 Å². The number of morpholine rings is 1. The molecule has 1 saturated heterocycles. The lowest BCUT2D eigenvalue weighted by molar-refractivity contribution is 0.0950. The predicted octanol–water partition coefficient (Wildman–Crippen LogP) is 2.35. The van der Waals surface area contributed by atoms with E-state index < -0.39 is 0 Å². The van der Waals surface area contributed by atoms with Gasteiger partial charge in [-0.3, -0.25) is 9.78 Å². The molecule has 11 nitrogen and oxygen atoms in total. The first kappa shape index (κ1) is 26.1. The van der Waals surface area contributed by atoms with Crippen LogP contribution in [0.1, 0.15) is 36.0 Å². The number of carbonyl (C=O) groups excluding carboxylic acids is 1. The molecule has 1 aliphatic heterocycles. The normalized spacial score (nSPS) is 19.9. The SMILES string of the molecule is CN(C)CCNC(=O)c1cnc(NC2CCC(Oc3cc(N4CCOCC4)cc4nccnc34)CC2)nc1. The van der Waals surface area contributed by atoms with Crippen molar-refractivity contribution in [1.82, 2.24) is 30.2 Å². The van der Waals surface area contributed by atoms with Gasteiger partial charge in [0.25, 0.3) is 5.91 Å². The summed E-state index contributed by atoms with van der Waals surface area (Å²) in [6.07, 6.45) is 10.4. The maximum Gasteiger partial charge on any atom is 0.254 e. The Balaban J connectivity index is 1.15. The molecule has 38 heavy (non-hydrogen) atoms.